The van der Waals surface area contributed by atoms with Crippen LogP contribution in [0, 0.1) is 6.92 Å². The summed E-state index contributed by atoms with van der Waals surface area (Å²) in [5.74, 6) is 1.64. The van der Waals surface area contributed by atoms with Gasteiger partial charge in [-0.1, -0.05) is 0 Å². The predicted molar refractivity (Wildman–Crippen MR) is 77.6 cm³/mol. The summed E-state index contributed by atoms with van der Waals surface area (Å²) in [5.41, 5.74) is 3.89. The zero-order valence-corrected chi connectivity index (χ0v) is 11.6. The molecule has 3 aromatic rings. The molecule has 2 heterocycles. The fourth-order valence-electron chi connectivity index (χ4n) is 2.45. The highest BCUT2D eigenvalue weighted by atomic mass is 16.3. The number of hydrogen-bond donors (Lipinski definition) is 1. The van der Waals surface area contributed by atoms with Gasteiger partial charge in [-0.15, -0.1) is 0 Å². The van der Waals surface area contributed by atoms with E-state index in [2.05, 4.69) is 21.5 Å². The molecule has 4 rings (SSSR count). The monoisotopic (exact) mass is 268 g/mol. The minimum atomic E-state index is 0.610. The lowest BCUT2D eigenvalue weighted by atomic mass is 10.1. The molecule has 0 saturated heterocycles. The molecule has 20 heavy (non-hydrogen) atoms. The van der Waals surface area contributed by atoms with Crippen molar-refractivity contribution in [1.29, 1.82) is 0 Å². The molecule has 0 radical (unpaired) electrons. The number of nitrogens with zero attached hydrogens (tertiary/aromatic N) is 3. The average molecular weight is 268 g/mol. The number of aryl methyl sites for hydroxylation is 2. The number of rotatable bonds is 3. The van der Waals surface area contributed by atoms with Gasteiger partial charge in [-0.05, 0) is 31.0 Å². The molecule has 1 fully saturated rings. The minimum Gasteiger partial charge on any atom is -0.441 e. The van der Waals surface area contributed by atoms with Gasteiger partial charge in [-0.2, -0.15) is 5.10 Å². The van der Waals surface area contributed by atoms with E-state index < -0.39 is 0 Å². The Hall–Kier alpha value is -2.30. The van der Waals surface area contributed by atoms with E-state index in [1.807, 2.05) is 36.9 Å². The summed E-state index contributed by atoms with van der Waals surface area (Å²) in [5, 5.41) is 7.94. The Morgan fingerprint density at radius 1 is 1.30 bits per heavy atom. The zero-order chi connectivity index (χ0) is 13.7. The van der Waals surface area contributed by atoms with Gasteiger partial charge in [-0.3, -0.25) is 4.68 Å². The number of benzene rings is 1. The predicted octanol–water partition coefficient (Wildman–Crippen LogP) is 3.11. The summed E-state index contributed by atoms with van der Waals surface area (Å²) in [6, 6.07) is 8.76. The first-order valence-corrected chi connectivity index (χ1v) is 6.87. The van der Waals surface area contributed by atoms with E-state index in [1.165, 1.54) is 12.8 Å². The molecule has 2 aromatic heterocycles. The smallest absolute Gasteiger partial charge is 0.192 e. The van der Waals surface area contributed by atoms with Crippen LogP contribution in [0.25, 0.3) is 22.4 Å². The van der Waals surface area contributed by atoms with E-state index in [4.69, 9.17) is 4.42 Å². The van der Waals surface area contributed by atoms with Gasteiger partial charge >= 0.3 is 0 Å². The molecule has 0 bridgehead atoms. The topological polar surface area (TPSA) is 55.9 Å². The maximum atomic E-state index is 5.51. The highest BCUT2D eigenvalue weighted by molar-refractivity contribution is 5.80. The highest BCUT2D eigenvalue weighted by Gasteiger charge is 2.22. The molecule has 102 valence electrons. The zero-order valence-electron chi connectivity index (χ0n) is 11.6. The standard InChI is InChI=1S/C15H16N4O/c1-9-16-12-7-10(3-6-14(12)20-9)13-8-15(18-19(13)2)17-11-4-5-11/h3,6-8,11H,4-5H2,1-2H3,(H,17,18). The Morgan fingerprint density at radius 2 is 2.15 bits per heavy atom. The van der Waals surface area contributed by atoms with E-state index in [0.717, 1.165) is 28.2 Å². The van der Waals surface area contributed by atoms with Crippen molar-refractivity contribution in [3.63, 3.8) is 0 Å². The second-order valence-corrected chi connectivity index (χ2v) is 5.37. The van der Waals surface area contributed by atoms with E-state index in [-0.39, 0.29) is 0 Å². The second kappa shape index (κ2) is 4.10. The van der Waals surface area contributed by atoms with Crippen LogP contribution in [0.4, 0.5) is 5.82 Å². The summed E-state index contributed by atoms with van der Waals surface area (Å²) in [6.45, 7) is 1.86. The van der Waals surface area contributed by atoms with E-state index >= 15 is 0 Å². The van der Waals surface area contributed by atoms with Crippen LogP contribution in [0.5, 0.6) is 0 Å². The summed E-state index contributed by atoms with van der Waals surface area (Å²) in [6.07, 6.45) is 2.49. The molecule has 0 spiro atoms. The first-order valence-electron chi connectivity index (χ1n) is 6.87. The fourth-order valence-corrected chi connectivity index (χ4v) is 2.45. The molecule has 1 aliphatic rings. The third-order valence-electron chi connectivity index (χ3n) is 3.60. The Kier molecular flexibility index (Phi) is 2.36. The molecule has 5 nitrogen and oxygen atoms in total. The van der Waals surface area contributed by atoms with Crippen LogP contribution in [0.1, 0.15) is 18.7 Å². The van der Waals surface area contributed by atoms with Crippen LogP contribution < -0.4 is 5.32 Å². The van der Waals surface area contributed by atoms with Gasteiger partial charge in [0.15, 0.2) is 11.5 Å². The van der Waals surface area contributed by atoms with Crippen LogP contribution >= 0.6 is 0 Å². The number of nitrogens with one attached hydrogen (secondary N) is 1. The van der Waals surface area contributed by atoms with Crippen molar-refractivity contribution in [2.24, 2.45) is 7.05 Å². The third-order valence-corrected chi connectivity index (χ3v) is 3.60. The largest absolute Gasteiger partial charge is 0.441 e. The fraction of sp³-hybridized carbons (Fsp3) is 0.333. The molecule has 0 amide bonds. The van der Waals surface area contributed by atoms with E-state index in [1.54, 1.807) is 0 Å². The summed E-state index contributed by atoms with van der Waals surface area (Å²) in [7, 11) is 1.96. The first-order chi connectivity index (χ1) is 9.69. The van der Waals surface area contributed by atoms with E-state index in [9.17, 15) is 0 Å². The Labute approximate surface area is 116 Å². The van der Waals surface area contributed by atoms with Gasteiger partial charge in [-0.25, -0.2) is 4.98 Å². The highest BCUT2D eigenvalue weighted by Crippen LogP contribution is 2.29. The molecule has 5 heteroatoms. The van der Waals surface area contributed by atoms with Crippen molar-refractivity contribution < 1.29 is 4.42 Å². The molecule has 1 N–H and O–H groups in total. The summed E-state index contributed by atoms with van der Waals surface area (Å²) >= 11 is 0. The van der Waals surface area contributed by atoms with Crippen molar-refractivity contribution >= 4 is 16.9 Å². The lowest BCUT2D eigenvalue weighted by Crippen LogP contribution is -2.01. The number of hydrogen-bond acceptors (Lipinski definition) is 4. The van der Waals surface area contributed by atoms with Gasteiger partial charge in [0.2, 0.25) is 0 Å². The van der Waals surface area contributed by atoms with Crippen LogP contribution in [-0.2, 0) is 7.05 Å². The molecule has 1 saturated carbocycles. The van der Waals surface area contributed by atoms with Crippen LogP contribution in [0.3, 0.4) is 0 Å². The first kappa shape index (κ1) is 11.5. The summed E-state index contributed by atoms with van der Waals surface area (Å²) < 4.78 is 7.41. The third kappa shape index (κ3) is 1.95. The van der Waals surface area contributed by atoms with Crippen LogP contribution in [0.2, 0.25) is 0 Å². The molecule has 0 atom stereocenters. The van der Waals surface area contributed by atoms with Crippen molar-refractivity contribution in [3.05, 3.63) is 30.2 Å². The molecular weight excluding hydrogens is 252 g/mol. The molecule has 0 aliphatic heterocycles. The number of fused-ring (bicyclic) bond motifs is 1. The maximum Gasteiger partial charge on any atom is 0.192 e. The van der Waals surface area contributed by atoms with Gasteiger partial charge in [0.1, 0.15) is 11.3 Å². The van der Waals surface area contributed by atoms with Crippen molar-refractivity contribution in [1.82, 2.24) is 14.8 Å². The van der Waals surface area contributed by atoms with Gasteiger partial charge in [0.25, 0.3) is 0 Å². The molecule has 0 unspecified atom stereocenters. The molecular formula is C15H16N4O. The lowest BCUT2D eigenvalue weighted by molar-refractivity contribution is 0.561. The van der Waals surface area contributed by atoms with Gasteiger partial charge in [0, 0.05) is 31.6 Å². The SMILES string of the molecule is Cc1nc2cc(-c3cc(NC4CC4)nn3C)ccc2o1. The molecule has 1 aromatic carbocycles. The Bertz CT molecular complexity index is 782. The Balaban J connectivity index is 1.74. The van der Waals surface area contributed by atoms with Crippen molar-refractivity contribution in [3.8, 4) is 11.3 Å². The van der Waals surface area contributed by atoms with Gasteiger partial charge < -0.3 is 9.73 Å². The second-order valence-electron chi connectivity index (χ2n) is 5.37. The molecule has 1 aliphatic carbocycles. The maximum absolute atomic E-state index is 5.51. The van der Waals surface area contributed by atoms with Crippen LogP contribution in [0.15, 0.2) is 28.7 Å². The van der Waals surface area contributed by atoms with E-state index in [0.29, 0.717) is 11.9 Å². The number of oxazole rings is 1. The van der Waals surface area contributed by atoms with Crippen LogP contribution in [-0.4, -0.2) is 20.8 Å². The lowest BCUT2D eigenvalue weighted by Gasteiger charge is -2.00. The quantitative estimate of drug-likeness (QED) is 0.793. The summed E-state index contributed by atoms with van der Waals surface area (Å²) in [4.78, 5) is 4.38. The number of anilines is 1. The number of aromatic nitrogens is 3. The van der Waals surface area contributed by atoms with Gasteiger partial charge in [0.05, 0.1) is 5.69 Å². The minimum absolute atomic E-state index is 0.610. The Morgan fingerprint density at radius 3 is 2.95 bits per heavy atom. The normalized spacial score (nSPS) is 14.9. The van der Waals surface area contributed by atoms with Crippen molar-refractivity contribution in [2.45, 2.75) is 25.8 Å². The average Bonchev–Trinajstić information content (AvgIpc) is 3.02. The van der Waals surface area contributed by atoms with Crippen molar-refractivity contribution in [2.75, 3.05) is 5.32 Å².